The number of anilines is 1. The molecule has 0 aliphatic heterocycles. The number of aromatic nitrogens is 1. The number of rotatable bonds is 5. The lowest BCUT2D eigenvalue weighted by Crippen LogP contribution is -2.20. The van der Waals surface area contributed by atoms with Gasteiger partial charge >= 0.3 is 0 Å². The van der Waals surface area contributed by atoms with Gasteiger partial charge in [-0.1, -0.05) is 34.5 Å². The van der Waals surface area contributed by atoms with Crippen LogP contribution in [0.15, 0.2) is 24.4 Å². The molecule has 21 heavy (non-hydrogen) atoms. The van der Waals surface area contributed by atoms with Gasteiger partial charge in [0.1, 0.15) is 10.6 Å². The molecule has 1 heterocycles. The predicted octanol–water partition coefficient (Wildman–Crippen LogP) is 2.57. The maximum absolute atomic E-state index is 11.7. The van der Waals surface area contributed by atoms with Crippen LogP contribution < -0.4 is 15.8 Å². The Kier molecular flexibility index (Phi) is 5.00. The van der Waals surface area contributed by atoms with E-state index in [1.54, 1.807) is 12.1 Å². The summed E-state index contributed by atoms with van der Waals surface area (Å²) in [7, 11) is 0. The number of hydrogen-bond donors (Lipinski definition) is 2. The van der Waals surface area contributed by atoms with Crippen molar-refractivity contribution in [1.29, 1.82) is 0 Å². The summed E-state index contributed by atoms with van der Waals surface area (Å²) in [5.74, 6) is -0.697. The normalized spacial score (nSPS) is 10.2. The fourth-order valence-electron chi connectivity index (χ4n) is 1.34. The lowest BCUT2D eigenvalue weighted by Gasteiger charge is -2.07. The Morgan fingerprint density at radius 3 is 2.76 bits per heavy atom. The Morgan fingerprint density at radius 2 is 2.14 bits per heavy atom. The Labute approximate surface area is 133 Å². The van der Waals surface area contributed by atoms with Gasteiger partial charge in [-0.3, -0.25) is 14.9 Å². The van der Waals surface area contributed by atoms with Crippen molar-refractivity contribution in [2.45, 2.75) is 0 Å². The van der Waals surface area contributed by atoms with E-state index in [-0.39, 0.29) is 16.6 Å². The van der Waals surface area contributed by atoms with Gasteiger partial charge in [-0.05, 0) is 18.2 Å². The lowest BCUT2D eigenvalue weighted by molar-refractivity contribution is -0.118. The third-order valence-electron chi connectivity index (χ3n) is 2.25. The van der Waals surface area contributed by atoms with Crippen molar-refractivity contribution in [2.24, 2.45) is 5.73 Å². The molecule has 0 spiro atoms. The number of carbonyl (C=O) groups excluding carboxylic acids is 2. The van der Waals surface area contributed by atoms with Crippen LogP contribution in [0.5, 0.6) is 5.75 Å². The van der Waals surface area contributed by atoms with E-state index in [4.69, 9.17) is 33.7 Å². The maximum Gasteiger partial charge on any atom is 0.264 e. The second-order valence-electron chi connectivity index (χ2n) is 3.81. The van der Waals surface area contributed by atoms with Crippen LogP contribution in [0, 0.1) is 0 Å². The van der Waals surface area contributed by atoms with E-state index in [0.29, 0.717) is 15.8 Å². The first-order chi connectivity index (χ1) is 9.95. The van der Waals surface area contributed by atoms with E-state index in [0.717, 1.165) is 11.3 Å². The minimum Gasteiger partial charge on any atom is -0.482 e. The molecule has 0 aliphatic rings. The second-order valence-corrected chi connectivity index (χ2v) is 5.68. The van der Waals surface area contributed by atoms with Crippen molar-refractivity contribution in [3.05, 3.63) is 39.3 Å². The monoisotopic (exact) mass is 345 g/mol. The summed E-state index contributed by atoms with van der Waals surface area (Å²) >= 11 is 12.6. The van der Waals surface area contributed by atoms with Crippen molar-refractivity contribution >= 4 is 51.5 Å². The van der Waals surface area contributed by atoms with Crippen LogP contribution >= 0.6 is 34.5 Å². The number of amides is 2. The fraction of sp³-hybridized carbons (Fsp3) is 0.0833. The fourth-order valence-corrected chi connectivity index (χ4v) is 2.48. The van der Waals surface area contributed by atoms with Crippen molar-refractivity contribution in [2.75, 3.05) is 11.9 Å². The number of benzene rings is 1. The van der Waals surface area contributed by atoms with Gasteiger partial charge in [-0.2, -0.15) is 0 Å². The standard InChI is InChI=1S/C12H9Cl2N3O3S/c13-6-1-2-8(7(14)3-6)20-5-10(18)17-12-16-4-9(21-12)11(15)19/h1-4H,5H2,(H2,15,19)(H,16,17,18). The molecule has 1 aromatic carbocycles. The molecule has 0 fully saturated rings. The average molecular weight is 346 g/mol. The first-order valence-electron chi connectivity index (χ1n) is 5.59. The number of halogens is 2. The summed E-state index contributed by atoms with van der Waals surface area (Å²) in [6, 6.07) is 4.67. The van der Waals surface area contributed by atoms with Crippen molar-refractivity contribution in [3.8, 4) is 5.75 Å². The van der Waals surface area contributed by atoms with Crippen molar-refractivity contribution in [3.63, 3.8) is 0 Å². The Morgan fingerprint density at radius 1 is 1.38 bits per heavy atom. The topological polar surface area (TPSA) is 94.3 Å². The molecule has 110 valence electrons. The molecule has 0 unspecified atom stereocenters. The SMILES string of the molecule is NC(=O)c1cnc(NC(=O)COc2ccc(Cl)cc2Cl)s1. The van der Waals surface area contributed by atoms with Gasteiger partial charge < -0.3 is 10.5 Å². The number of nitrogens with zero attached hydrogens (tertiary/aromatic N) is 1. The first-order valence-corrected chi connectivity index (χ1v) is 7.16. The minimum absolute atomic E-state index is 0.256. The lowest BCUT2D eigenvalue weighted by atomic mass is 10.3. The predicted molar refractivity (Wildman–Crippen MR) is 81.2 cm³/mol. The van der Waals surface area contributed by atoms with Crippen LogP contribution in [0.2, 0.25) is 10.0 Å². The molecule has 3 N–H and O–H groups in total. The zero-order chi connectivity index (χ0) is 15.4. The molecular formula is C12H9Cl2N3O3S. The molecule has 0 bridgehead atoms. The van der Waals surface area contributed by atoms with Gasteiger partial charge in [-0.15, -0.1) is 0 Å². The molecule has 2 aromatic rings. The first kappa shape index (κ1) is 15.6. The minimum atomic E-state index is -0.600. The number of thiazole rings is 1. The summed E-state index contributed by atoms with van der Waals surface area (Å²) in [5.41, 5.74) is 5.09. The van der Waals surface area contributed by atoms with E-state index in [9.17, 15) is 9.59 Å². The van der Waals surface area contributed by atoms with E-state index in [1.807, 2.05) is 0 Å². The Balaban J connectivity index is 1.91. The summed E-state index contributed by atoms with van der Waals surface area (Å²) < 4.78 is 5.26. The highest BCUT2D eigenvalue weighted by atomic mass is 35.5. The van der Waals surface area contributed by atoms with Crippen LogP contribution in [-0.4, -0.2) is 23.4 Å². The van der Waals surface area contributed by atoms with Crippen LogP contribution in [0.25, 0.3) is 0 Å². The van der Waals surface area contributed by atoms with Crippen LogP contribution in [0.4, 0.5) is 5.13 Å². The molecule has 2 amide bonds. The van der Waals surface area contributed by atoms with Gasteiger partial charge in [0.2, 0.25) is 0 Å². The molecule has 1 aromatic heterocycles. The van der Waals surface area contributed by atoms with E-state index in [1.165, 1.54) is 12.3 Å². The number of primary amides is 1. The average Bonchev–Trinajstić information content (AvgIpc) is 2.86. The smallest absolute Gasteiger partial charge is 0.264 e. The van der Waals surface area contributed by atoms with E-state index >= 15 is 0 Å². The van der Waals surface area contributed by atoms with Crippen molar-refractivity contribution in [1.82, 2.24) is 4.98 Å². The Hall–Kier alpha value is -1.83. The largest absolute Gasteiger partial charge is 0.482 e. The number of nitrogens with two attached hydrogens (primary N) is 1. The molecule has 0 atom stereocenters. The van der Waals surface area contributed by atoms with Gasteiger partial charge in [-0.25, -0.2) is 4.98 Å². The van der Waals surface area contributed by atoms with Gasteiger partial charge in [0.05, 0.1) is 11.2 Å². The molecule has 0 aliphatic carbocycles. The zero-order valence-electron chi connectivity index (χ0n) is 10.4. The molecular weight excluding hydrogens is 337 g/mol. The highest BCUT2D eigenvalue weighted by molar-refractivity contribution is 7.17. The van der Waals surface area contributed by atoms with Gasteiger partial charge in [0, 0.05) is 5.02 Å². The molecule has 0 saturated heterocycles. The summed E-state index contributed by atoms with van der Waals surface area (Å²) in [5, 5.41) is 3.53. The quantitative estimate of drug-likeness (QED) is 0.870. The summed E-state index contributed by atoms with van der Waals surface area (Å²) in [6.07, 6.45) is 1.29. The third-order valence-corrected chi connectivity index (χ3v) is 3.71. The number of carbonyl (C=O) groups is 2. The molecule has 0 radical (unpaired) electrons. The number of nitrogens with one attached hydrogen (secondary N) is 1. The van der Waals surface area contributed by atoms with Crippen LogP contribution in [0.1, 0.15) is 9.67 Å². The van der Waals surface area contributed by atoms with Gasteiger partial charge in [0.25, 0.3) is 11.8 Å². The maximum atomic E-state index is 11.7. The highest BCUT2D eigenvalue weighted by Gasteiger charge is 2.11. The molecule has 6 nitrogen and oxygen atoms in total. The second kappa shape index (κ2) is 6.75. The van der Waals surface area contributed by atoms with Crippen LogP contribution in [0.3, 0.4) is 0 Å². The molecule has 9 heteroatoms. The van der Waals surface area contributed by atoms with Gasteiger partial charge in [0.15, 0.2) is 11.7 Å². The Bertz CT molecular complexity index is 690. The van der Waals surface area contributed by atoms with E-state index < -0.39 is 11.8 Å². The number of hydrogen-bond acceptors (Lipinski definition) is 5. The third kappa shape index (κ3) is 4.32. The highest BCUT2D eigenvalue weighted by Crippen LogP contribution is 2.27. The summed E-state index contributed by atoms with van der Waals surface area (Å²) in [4.78, 5) is 26.7. The van der Waals surface area contributed by atoms with E-state index in [2.05, 4.69) is 10.3 Å². The zero-order valence-corrected chi connectivity index (χ0v) is 12.8. The molecule has 0 saturated carbocycles. The van der Waals surface area contributed by atoms with Crippen molar-refractivity contribution < 1.29 is 14.3 Å². The number of ether oxygens (including phenoxy) is 1. The van der Waals surface area contributed by atoms with Crippen LogP contribution in [-0.2, 0) is 4.79 Å². The summed E-state index contributed by atoms with van der Waals surface area (Å²) in [6.45, 7) is -0.257. The molecule has 2 rings (SSSR count).